The third-order valence-corrected chi connectivity index (χ3v) is 9.84. The van der Waals surface area contributed by atoms with E-state index in [2.05, 4.69) is 5.73 Å². The van der Waals surface area contributed by atoms with E-state index in [0.717, 1.165) is 30.6 Å². The minimum absolute atomic E-state index is 0. The Kier molecular flexibility index (Phi) is 17.9. The van der Waals surface area contributed by atoms with Crippen molar-refractivity contribution in [2.75, 3.05) is 20.1 Å². The molecule has 0 spiro atoms. The maximum atomic E-state index is 12.3. The molecule has 0 aromatic heterocycles. The molecule has 2 aliphatic heterocycles. The van der Waals surface area contributed by atoms with E-state index < -0.39 is 51.3 Å². The standard InChI is InChI=1S/C17H19NO9S.C12H14NO3.CH5N.2Ag/c19-11-7-12(28(24,25)26)15(22)16(11)27-17(23)10-3-1-9(2-4-10)8-18-13(20)5-6-14(18)21;14-8-10-3-1-9(2-4-10)7-13-11(15)5-6-12(13)16;1-2;;/h5-6,9-10,12,16H,1-4,7-8H2,(H,24,25,26);5-6,9-10H,1-4,7H2;2H2,1H3;;/q;-1;;;+1. The van der Waals surface area contributed by atoms with Crippen LogP contribution in [-0.4, -0.2) is 102 Å². The van der Waals surface area contributed by atoms with Gasteiger partial charge in [0.15, 0.2) is 11.0 Å². The summed E-state index contributed by atoms with van der Waals surface area (Å²) in [5.41, 5.74) is 4.50. The monoisotopic (exact) mass is 878 g/mol. The first-order chi connectivity index (χ1) is 21.8. The van der Waals surface area contributed by atoms with E-state index in [1.807, 2.05) is 6.29 Å². The maximum absolute atomic E-state index is 12.3. The second-order valence-corrected chi connectivity index (χ2v) is 13.3. The minimum Gasteiger partial charge on any atom is -0.542 e. The fourth-order valence-corrected chi connectivity index (χ4v) is 6.88. The van der Waals surface area contributed by atoms with Crippen molar-refractivity contribution in [3.05, 3.63) is 24.3 Å². The first-order valence-corrected chi connectivity index (χ1v) is 16.5. The second-order valence-electron chi connectivity index (χ2n) is 11.7. The number of ketones is 2. The number of carbonyl (C=O) groups is 7. The van der Waals surface area contributed by atoms with E-state index in [9.17, 15) is 46.8 Å². The largest absolute Gasteiger partial charge is 1.00 e. The third kappa shape index (κ3) is 11.3. The molecule has 4 amide bonds. The quantitative estimate of drug-likeness (QED) is 0.0807. The molecule has 2 unspecified atom stereocenters. The second kappa shape index (κ2) is 19.7. The molecule has 5 rings (SSSR count). The summed E-state index contributed by atoms with van der Waals surface area (Å²) in [6.45, 7) is 0.762. The molecule has 0 bridgehead atoms. The summed E-state index contributed by atoms with van der Waals surface area (Å²) in [5, 5.41) is -1.89. The van der Waals surface area contributed by atoms with Crippen LogP contribution in [0.4, 0.5) is 0 Å². The molecular formula is C30H38Ag2N3O12S. The fourth-order valence-electron chi connectivity index (χ4n) is 6.09. The zero-order valence-corrected chi connectivity index (χ0v) is 29.8. The van der Waals surface area contributed by atoms with Gasteiger partial charge in [0.25, 0.3) is 33.7 Å². The van der Waals surface area contributed by atoms with Crippen molar-refractivity contribution in [1.82, 2.24) is 9.80 Å². The number of hydrogen-bond donors (Lipinski definition) is 2. The van der Waals surface area contributed by atoms with E-state index in [4.69, 9.17) is 9.29 Å². The van der Waals surface area contributed by atoms with Crippen LogP contribution in [0.15, 0.2) is 24.3 Å². The number of ether oxygens (including phenoxy) is 1. The SMILES string of the molecule is CN.O=C(OC1C(=O)CC(S(=O)(=O)O)C1=O)C1CCC(CN2C(=O)C=CC2=O)CC1.O=[C-]C1CCC(CN2C(=O)C=CC2=O)CC1.[Ag+].[Ag]. The number of imide groups is 2. The predicted octanol–water partition coefficient (Wildman–Crippen LogP) is -0.175. The molecule has 48 heavy (non-hydrogen) atoms. The zero-order chi connectivity index (χ0) is 34.2. The molecule has 3 saturated carbocycles. The molecule has 3 aliphatic carbocycles. The molecule has 0 saturated heterocycles. The molecular weight excluding hydrogens is 842 g/mol. The van der Waals surface area contributed by atoms with Gasteiger partial charge in [0, 0.05) is 66.2 Å². The Balaban J connectivity index is 0.000000493. The van der Waals surface area contributed by atoms with E-state index >= 15 is 0 Å². The van der Waals surface area contributed by atoms with Gasteiger partial charge in [-0.1, -0.05) is 25.7 Å². The molecule has 15 nitrogen and oxygen atoms in total. The van der Waals surface area contributed by atoms with Crippen molar-refractivity contribution in [3.8, 4) is 0 Å². The van der Waals surface area contributed by atoms with Crippen molar-refractivity contribution in [1.29, 1.82) is 0 Å². The number of nitrogens with two attached hydrogens (primary N) is 1. The molecule has 1 radical (unpaired) electrons. The Hall–Kier alpha value is -2.41. The van der Waals surface area contributed by atoms with Crippen molar-refractivity contribution in [2.45, 2.75) is 69.1 Å². The topological polar surface area (TPSA) is 233 Å². The fraction of sp³-hybridized carbons (Fsp3) is 0.600. The Morgan fingerprint density at radius 3 is 1.56 bits per heavy atom. The van der Waals surface area contributed by atoms with Gasteiger partial charge in [-0.2, -0.15) is 8.42 Å². The molecule has 5 aliphatic rings. The summed E-state index contributed by atoms with van der Waals surface area (Å²) in [7, 11) is -3.23. The Morgan fingerprint density at radius 2 is 1.21 bits per heavy atom. The van der Waals surface area contributed by atoms with Crippen molar-refractivity contribution < 1.29 is 101 Å². The van der Waals surface area contributed by atoms with Crippen molar-refractivity contribution >= 4 is 57.6 Å². The first-order valence-electron chi connectivity index (χ1n) is 15.0. The van der Waals surface area contributed by atoms with Crippen molar-refractivity contribution in [3.63, 3.8) is 0 Å². The summed E-state index contributed by atoms with van der Waals surface area (Å²) in [6, 6.07) is 0. The molecule has 273 valence electrons. The van der Waals surface area contributed by atoms with E-state index in [0.29, 0.717) is 38.1 Å². The Labute approximate surface area is 309 Å². The number of rotatable bonds is 8. The summed E-state index contributed by atoms with van der Waals surface area (Å²) in [5.74, 6) is -4.03. The van der Waals surface area contributed by atoms with E-state index in [-0.39, 0.29) is 86.8 Å². The van der Waals surface area contributed by atoms with Crippen molar-refractivity contribution in [2.24, 2.45) is 29.4 Å². The summed E-state index contributed by atoms with van der Waals surface area (Å²) >= 11 is 0. The number of carbonyl (C=O) groups excluding carboxylic acids is 8. The Bertz CT molecular complexity index is 1380. The third-order valence-electron chi connectivity index (χ3n) is 8.72. The molecule has 2 heterocycles. The van der Waals surface area contributed by atoms with Gasteiger partial charge in [-0.25, -0.2) is 0 Å². The molecule has 2 atom stereocenters. The number of hydrogen-bond acceptors (Lipinski definition) is 12. The van der Waals surface area contributed by atoms with Gasteiger partial charge in [0.05, 0.1) is 5.92 Å². The van der Waals surface area contributed by atoms with Gasteiger partial charge in [0.1, 0.15) is 0 Å². The molecule has 0 aromatic carbocycles. The van der Waals surface area contributed by atoms with Crippen LogP contribution in [0.25, 0.3) is 0 Å². The maximum Gasteiger partial charge on any atom is 1.00 e. The normalized spacial score (nSPS) is 28.1. The molecule has 3 N–H and O–H groups in total. The predicted molar refractivity (Wildman–Crippen MR) is 158 cm³/mol. The van der Waals surface area contributed by atoms with Gasteiger partial charge in [-0.15, -0.1) is 5.92 Å². The number of Topliss-reactive ketones (excluding diaryl/α,β-unsaturated/α-hetero) is 2. The minimum atomic E-state index is -4.73. The zero-order valence-electron chi connectivity index (χ0n) is 26.0. The Morgan fingerprint density at radius 1 is 0.812 bits per heavy atom. The summed E-state index contributed by atoms with van der Waals surface area (Å²) in [6.07, 6.45) is 9.91. The van der Waals surface area contributed by atoms with Crippen LogP contribution < -0.4 is 5.73 Å². The van der Waals surface area contributed by atoms with Gasteiger partial charge in [-0.3, -0.25) is 54.2 Å². The van der Waals surface area contributed by atoms with Crippen LogP contribution in [-0.2, 0) is 98.0 Å². The molecule has 0 aromatic rings. The van der Waals surface area contributed by atoms with Gasteiger partial charge in [0.2, 0.25) is 11.9 Å². The van der Waals surface area contributed by atoms with Crippen LogP contribution in [0.3, 0.4) is 0 Å². The first kappa shape index (κ1) is 43.6. The molecule has 18 heteroatoms. The van der Waals surface area contributed by atoms with Gasteiger partial charge in [-0.05, 0) is 44.6 Å². The summed E-state index contributed by atoms with van der Waals surface area (Å²) < 4.78 is 36.2. The molecule has 3 fully saturated rings. The van der Waals surface area contributed by atoms with Gasteiger partial charge < -0.3 is 15.3 Å². The van der Waals surface area contributed by atoms with Crippen LogP contribution in [0.1, 0.15) is 57.8 Å². The number of esters is 1. The van der Waals surface area contributed by atoms with Crippen LogP contribution >= 0.6 is 0 Å². The average Bonchev–Trinajstić information content (AvgIpc) is 3.64. The van der Waals surface area contributed by atoms with Crippen LogP contribution in [0.5, 0.6) is 0 Å². The summed E-state index contributed by atoms with van der Waals surface area (Å²) in [4.78, 5) is 94.9. The number of nitrogens with zero attached hydrogens (tertiary/aromatic N) is 2. The van der Waals surface area contributed by atoms with Crippen LogP contribution in [0, 0.1) is 23.7 Å². The van der Waals surface area contributed by atoms with Crippen LogP contribution in [0.2, 0.25) is 0 Å². The van der Waals surface area contributed by atoms with Gasteiger partial charge >= 0.3 is 28.3 Å². The smallest absolute Gasteiger partial charge is 0.542 e. The average molecular weight is 880 g/mol. The van der Waals surface area contributed by atoms with E-state index in [1.54, 1.807) is 0 Å². The number of amides is 4. The van der Waals surface area contributed by atoms with E-state index in [1.165, 1.54) is 36.3 Å².